The Bertz CT molecular complexity index is 649. The summed E-state index contributed by atoms with van der Waals surface area (Å²) < 4.78 is 16.2. The molecule has 0 spiro atoms. The van der Waals surface area contributed by atoms with E-state index < -0.39 is 0 Å². The molecule has 100 valence electrons. The maximum absolute atomic E-state index is 13.8. The number of hydrogen-bond donors (Lipinski definition) is 0. The Balaban J connectivity index is 2.39. The monoisotopic (exact) mass is 324 g/mol. The van der Waals surface area contributed by atoms with E-state index in [1.807, 2.05) is 6.92 Å². The molecule has 0 saturated carbocycles. The third kappa shape index (κ3) is 2.76. The molecular weight excluding hydrogens is 311 g/mol. The number of rotatable bonds is 3. The van der Waals surface area contributed by atoms with Gasteiger partial charge in [-0.05, 0) is 32.9 Å². The molecule has 1 aromatic carbocycles. The van der Waals surface area contributed by atoms with Crippen molar-refractivity contribution < 1.29 is 9.18 Å². The second-order valence-electron chi connectivity index (χ2n) is 4.50. The van der Waals surface area contributed by atoms with Gasteiger partial charge < -0.3 is 0 Å². The summed E-state index contributed by atoms with van der Waals surface area (Å²) in [6.45, 7) is 5.45. The number of aryl methyl sites for hydroxylation is 1. The number of carbonyl (C=O) groups excluding carboxylic acids is 1. The number of Topliss-reactive ketones (excluding diaryl/α,β-unsaturated/α-hetero) is 1. The number of carbonyl (C=O) groups is 1. The lowest BCUT2D eigenvalue weighted by atomic mass is 10.1. The van der Waals surface area contributed by atoms with E-state index in [4.69, 9.17) is 0 Å². The molecule has 1 aromatic heterocycles. The Morgan fingerprint density at radius 1 is 1.42 bits per heavy atom. The highest BCUT2D eigenvalue weighted by Gasteiger charge is 2.16. The molecule has 0 N–H and O–H groups in total. The summed E-state index contributed by atoms with van der Waals surface area (Å²) in [5.41, 5.74) is 2.62. The van der Waals surface area contributed by atoms with Crippen molar-refractivity contribution in [2.24, 2.45) is 0 Å². The molecule has 1 heterocycles. The molecule has 0 aliphatic rings. The van der Waals surface area contributed by atoms with Crippen LogP contribution in [0.1, 0.15) is 34.2 Å². The Morgan fingerprint density at radius 3 is 2.63 bits per heavy atom. The summed E-state index contributed by atoms with van der Waals surface area (Å²) >= 11 is 3.22. The summed E-state index contributed by atoms with van der Waals surface area (Å²) in [5.74, 6) is -0.302. The van der Waals surface area contributed by atoms with Crippen LogP contribution in [0.15, 0.2) is 22.7 Å². The van der Waals surface area contributed by atoms with Crippen LogP contribution in [0.5, 0.6) is 0 Å². The van der Waals surface area contributed by atoms with Gasteiger partial charge in [0.1, 0.15) is 5.82 Å². The van der Waals surface area contributed by atoms with Gasteiger partial charge in [0.15, 0.2) is 5.78 Å². The van der Waals surface area contributed by atoms with Crippen molar-refractivity contribution in [3.63, 3.8) is 0 Å². The van der Waals surface area contributed by atoms with E-state index in [0.717, 1.165) is 5.69 Å². The van der Waals surface area contributed by atoms with E-state index in [1.165, 1.54) is 13.0 Å². The minimum atomic E-state index is -0.286. The molecule has 5 heteroatoms. The third-order valence-electron chi connectivity index (χ3n) is 3.07. The summed E-state index contributed by atoms with van der Waals surface area (Å²) in [5, 5.41) is 4.31. The molecule has 19 heavy (non-hydrogen) atoms. The average Bonchev–Trinajstić information content (AvgIpc) is 2.58. The number of hydrogen-bond acceptors (Lipinski definition) is 2. The highest BCUT2D eigenvalue weighted by molar-refractivity contribution is 9.10. The van der Waals surface area contributed by atoms with Gasteiger partial charge in [0, 0.05) is 15.7 Å². The van der Waals surface area contributed by atoms with Crippen LogP contribution in [0.2, 0.25) is 0 Å². The lowest BCUT2D eigenvalue weighted by Crippen LogP contribution is -2.06. The molecule has 0 radical (unpaired) electrons. The van der Waals surface area contributed by atoms with Crippen molar-refractivity contribution in [1.29, 1.82) is 0 Å². The first kappa shape index (κ1) is 13.9. The number of nitrogens with zero attached hydrogens (tertiary/aromatic N) is 2. The van der Waals surface area contributed by atoms with Gasteiger partial charge in [-0.15, -0.1) is 0 Å². The van der Waals surface area contributed by atoms with Gasteiger partial charge in [0.25, 0.3) is 0 Å². The van der Waals surface area contributed by atoms with Crippen LogP contribution in [0.25, 0.3) is 0 Å². The van der Waals surface area contributed by atoms with Gasteiger partial charge >= 0.3 is 0 Å². The van der Waals surface area contributed by atoms with Crippen molar-refractivity contribution in [2.45, 2.75) is 27.3 Å². The first-order valence-corrected chi connectivity index (χ1v) is 6.68. The van der Waals surface area contributed by atoms with Gasteiger partial charge in [0.2, 0.25) is 0 Å². The first-order valence-electron chi connectivity index (χ1n) is 5.89. The normalized spacial score (nSPS) is 10.8. The van der Waals surface area contributed by atoms with E-state index in [1.54, 1.807) is 23.7 Å². The van der Waals surface area contributed by atoms with Crippen molar-refractivity contribution in [3.8, 4) is 0 Å². The van der Waals surface area contributed by atoms with Crippen LogP contribution >= 0.6 is 15.9 Å². The topological polar surface area (TPSA) is 34.9 Å². The molecule has 0 aliphatic carbocycles. The molecule has 3 nitrogen and oxygen atoms in total. The summed E-state index contributed by atoms with van der Waals surface area (Å²) in [7, 11) is 0. The van der Waals surface area contributed by atoms with Crippen LogP contribution < -0.4 is 0 Å². The fraction of sp³-hybridized carbons (Fsp3) is 0.286. The number of aromatic nitrogens is 2. The Morgan fingerprint density at radius 2 is 2.11 bits per heavy atom. The van der Waals surface area contributed by atoms with Gasteiger partial charge in [-0.25, -0.2) is 4.39 Å². The molecule has 2 aromatic rings. The van der Waals surface area contributed by atoms with Crippen LogP contribution in [0.3, 0.4) is 0 Å². The molecule has 0 amide bonds. The van der Waals surface area contributed by atoms with E-state index >= 15 is 0 Å². The largest absolute Gasteiger partial charge is 0.294 e. The second-order valence-corrected chi connectivity index (χ2v) is 5.41. The van der Waals surface area contributed by atoms with Crippen LogP contribution in [-0.4, -0.2) is 15.6 Å². The Hall–Kier alpha value is -1.49. The highest BCUT2D eigenvalue weighted by Crippen LogP contribution is 2.19. The maximum Gasteiger partial charge on any atom is 0.163 e. The smallest absolute Gasteiger partial charge is 0.163 e. The summed E-state index contributed by atoms with van der Waals surface area (Å²) in [6, 6.07) is 4.92. The molecule has 0 fully saturated rings. The SMILES string of the molecule is CC(=O)c1c(C)nn(Cc2ccc(Br)cc2F)c1C. The Kier molecular flexibility index (Phi) is 3.85. The van der Waals surface area contributed by atoms with E-state index in [2.05, 4.69) is 21.0 Å². The van der Waals surface area contributed by atoms with Crippen LogP contribution in [0, 0.1) is 19.7 Å². The van der Waals surface area contributed by atoms with E-state index in [0.29, 0.717) is 27.8 Å². The van der Waals surface area contributed by atoms with Crippen LogP contribution in [-0.2, 0) is 6.54 Å². The number of ketones is 1. The van der Waals surface area contributed by atoms with Crippen molar-refractivity contribution in [2.75, 3.05) is 0 Å². The lowest BCUT2D eigenvalue weighted by molar-refractivity contribution is 0.101. The minimum Gasteiger partial charge on any atom is -0.294 e. The van der Waals surface area contributed by atoms with Crippen LogP contribution in [0.4, 0.5) is 4.39 Å². The molecular formula is C14H14BrFN2O. The van der Waals surface area contributed by atoms with E-state index in [9.17, 15) is 9.18 Å². The lowest BCUT2D eigenvalue weighted by Gasteiger charge is -2.06. The van der Waals surface area contributed by atoms with Gasteiger partial charge in [-0.3, -0.25) is 9.48 Å². The molecule has 0 unspecified atom stereocenters. The van der Waals surface area contributed by atoms with Gasteiger partial charge in [0.05, 0.1) is 17.8 Å². The fourth-order valence-electron chi connectivity index (χ4n) is 2.17. The zero-order chi connectivity index (χ0) is 14.2. The van der Waals surface area contributed by atoms with E-state index in [-0.39, 0.29) is 11.6 Å². The predicted molar refractivity (Wildman–Crippen MR) is 74.9 cm³/mol. The quantitative estimate of drug-likeness (QED) is 0.808. The maximum atomic E-state index is 13.8. The third-order valence-corrected chi connectivity index (χ3v) is 3.56. The molecule has 0 atom stereocenters. The van der Waals surface area contributed by atoms with Crippen molar-refractivity contribution >= 4 is 21.7 Å². The first-order chi connectivity index (χ1) is 8.90. The Labute approximate surface area is 119 Å². The predicted octanol–water partition coefficient (Wildman–Crippen LogP) is 3.65. The minimum absolute atomic E-state index is 0.0162. The molecule has 2 rings (SSSR count). The highest BCUT2D eigenvalue weighted by atomic mass is 79.9. The van der Waals surface area contributed by atoms with Gasteiger partial charge in [-0.2, -0.15) is 5.10 Å². The average molecular weight is 325 g/mol. The second kappa shape index (κ2) is 5.25. The standard InChI is InChI=1S/C14H14BrFN2O/c1-8-14(10(3)19)9(2)18(17-8)7-11-4-5-12(15)6-13(11)16/h4-6H,7H2,1-3H3. The number of benzene rings is 1. The fourth-order valence-corrected chi connectivity index (χ4v) is 2.50. The van der Waals surface area contributed by atoms with Crippen molar-refractivity contribution in [3.05, 3.63) is 51.0 Å². The molecule has 0 aliphatic heterocycles. The summed E-state index contributed by atoms with van der Waals surface area (Å²) in [4.78, 5) is 11.5. The van der Waals surface area contributed by atoms with Crippen molar-refractivity contribution in [1.82, 2.24) is 9.78 Å². The summed E-state index contributed by atoms with van der Waals surface area (Å²) in [6.07, 6.45) is 0. The molecule has 0 bridgehead atoms. The zero-order valence-corrected chi connectivity index (χ0v) is 12.6. The van der Waals surface area contributed by atoms with Gasteiger partial charge in [-0.1, -0.05) is 22.0 Å². The molecule has 0 saturated heterocycles. The zero-order valence-electron chi connectivity index (χ0n) is 11.0. The number of halogens is 2.